The maximum atomic E-state index is 12.2. The predicted octanol–water partition coefficient (Wildman–Crippen LogP) is 5.65. The third kappa shape index (κ3) is 6.57. The van der Waals surface area contributed by atoms with Crippen molar-refractivity contribution in [1.82, 2.24) is 5.43 Å². The molecule has 2 aromatic rings. The summed E-state index contributed by atoms with van der Waals surface area (Å²) in [5.41, 5.74) is 4.06. The average Bonchev–Trinajstić information content (AvgIpc) is 3.05. The van der Waals surface area contributed by atoms with E-state index in [2.05, 4.69) is 47.2 Å². The Balaban J connectivity index is 1.99. The van der Waals surface area contributed by atoms with Crippen molar-refractivity contribution in [1.29, 1.82) is 0 Å². The summed E-state index contributed by atoms with van der Waals surface area (Å²) in [4.78, 5) is 13.4. The first-order chi connectivity index (χ1) is 12.5. The molecule has 6 heteroatoms. The lowest BCUT2D eigenvalue weighted by Crippen LogP contribution is -2.16. The minimum Gasteiger partial charge on any atom is -0.493 e. The lowest BCUT2D eigenvalue weighted by Gasteiger charge is -2.10. The molecule has 1 N–H and O–H groups in total. The molecule has 1 amide bonds. The molecule has 140 valence electrons. The number of ether oxygens (including phenoxy) is 1. The first kappa shape index (κ1) is 20.6. The molecule has 0 aliphatic carbocycles. The summed E-state index contributed by atoms with van der Waals surface area (Å²) in [6.45, 7) is 7.11. The van der Waals surface area contributed by atoms with Crippen LogP contribution in [0.2, 0.25) is 0 Å². The van der Waals surface area contributed by atoms with Gasteiger partial charge in [-0.2, -0.15) is 5.10 Å². The van der Waals surface area contributed by atoms with Gasteiger partial charge in [-0.05, 0) is 43.0 Å². The molecule has 0 aliphatic heterocycles. The summed E-state index contributed by atoms with van der Waals surface area (Å²) in [6, 6.07) is 7.69. The van der Waals surface area contributed by atoms with Gasteiger partial charge in [0.05, 0.1) is 18.4 Å². The van der Waals surface area contributed by atoms with Crippen molar-refractivity contribution >= 4 is 39.4 Å². The Kier molecular flexibility index (Phi) is 8.32. The SMILES string of the molecule is CCCc1cc(C(=O)N/N=C\c2cc(Br)ccc2OCCC(C)C)cs1. The molecule has 26 heavy (non-hydrogen) atoms. The minimum atomic E-state index is -0.197. The lowest BCUT2D eigenvalue weighted by molar-refractivity contribution is 0.0955. The van der Waals surface area contributed by atoms with Crippen LogP contribution >= 0.6 is 27.3 Å². The first-order valence-electron chi connectivity index (χ1n) is 8.82. The van der Waals surface area contributed by atoms with Crippen LogP contribution in [-0.4, -0.2) is 18.7 Å². The summed E-state index contributed by atoms with van der Waals surface area (Å²) in [5, 5.41) is 5.97. The van der Waals surface area contributed by atoms with Crippen molar-refractivity contribution in [2.24, 2.45) is 11.0 Å². The molecule has 0 atom stereocenters. The molecule has 0 saturated carbocycles. The molecule has 4 nitrogen and oxygen atoms in total. The van der Waals surface area contributed by atoms with Crippen LogP contribution in [0.3, 0.4) is 0 Å². The number of nitrogens with zero attached hydrogens (tertiary/aromatic N) is 1. The molecule has 0 unspecified atom stereocenters. The summed E-state index contributed by atoms with van der Waals surface area (Å²) < 4.78 is 6.79. The summed E-state index contributed by atoms with van der Waals surface area (Å²) in [7, 11) is 0. The van der Waals surface area contributed by atoms with Gasteiger partial charge in [-0.15, -0.1) is 11.3 Å². The Bertz CT molecular complexity index is 756. The van der Waals surface area contributed by atoms with Gasteiger partial charge in [0.1, 0.15) is 5.75 Å². The Morgan fingerprint density at radius 3 is 2.92 bits per heavy atom. The highest BCUT2D eigenvalue weighted by Crippen LogP contribution is 2.22. The zero-order valence-electron chi connectivity index (χ0n) is 15.4. The fraction of sp³-hybridized carbons (Fsp3) is 0.400. The molecule has 0 radical (unpaired) electrons. The highest BCUT2D eigenvalue weighted by atomic mass is 79.9. The van der Waals surface area contributed by atoms with Gasteiger partial charge < -0.3 is 4.74 Å². The second kappa shape index (κ2) is 10.5. The highest BCUT2D eigenvalue weighted by molar-refractivity contribution is 9.10. The minimum absolute atomic E-state index is 0.197. The van der Waals surface area contributed by atoms with E-state index < -0.39 is 0 Å². The van der Waals surface area contributed by atoms with E-state index in [1.54, 1.807) is 17.6 Å². The van der Waals surface area contributed by atoms with Crippen LogP contribution in [0, 0.1) is 5.92 Å². The van der Waals surface area contributed by atoms with E-state index in [4.69, 9.17) is 4.74 Å². The Morgan fingerprint density at radius 2 is 2.19 bits per heavy atom. The van der Waals surface area contributed by atoms with Crippen LogP contribution in [0.15, 0.2) is 39.2 Å². The molecule has 0 bridgehead atoms. The van der Waals surface area contributed by atoms with E-state index in [0.29, 0.717) is 18.1 Å². The molecule has 1 heterocycles. The zero-order chi connectivity index (χ0) is 18.9. The average molecular weight is 437 g/mol. The molecule has 2 rings (SSSR count). The molecule has 0 spiro atoms. The van der Waals surface area contributed by atoms with E-state index in [-0.39, 0.29) is 5.91 Å². The highest BCUT2D eigenvalue weighted by Gasteiger charge is 2.08. The van der Waals surface area contributed by atoms with Gasteiger partial charge in [-0.25, -0.2) is 5.43 Å². The third-order valence-electron chi connectivity index (χ3n) is 3.71. The number of amides is 1. The largest absolute Gasteiger partial charge is 0.493 e. The molecule has 0 fully saturated rings. The van der Waals surface area contributed by atoms with Gasteiger partial charge in [0.15, 0.2) is 0 Å². The normalized spacial score (nSPS) is 11.3. The van der Waals surface area contributed by atoms with Crippen molar-refractivity contribution in [3.63, 3.8) is 0 Å². The smallest absolute Gasteiger partial charge is 0.272 e. The number of hydrogen-bond acceptors (Lipinski definition) is 4. The topological polar surface area (TPSA) is 50.7 Å². The number of nitrogens with one attached hydrogen (secondary N) is 1. The number of benzene rings is 1. The van der Waals surface area contributed by atoms with Gasteiger partial charge in [0.25, 0.3) is 5.91 Å². The van der Waals surface area contributed by atoms with Crippen molar-refractivity contribution < 1.29 is 9.53 Å². The number of halogens is 1. The predicted molar refractivity (Wildman–Crippen MR) is 112 cm³/mol. The summed E-state index contributed by atoms with van der Waals surface area (Å²) in [5.74, 6) is 1.15. The van der Waals surface area contributed by atoms with E-state index in [9.17, 15) is 4.79 Å². The van der Waals surface area contributed by atoms with Crippen molar-refractivity contribution in [3.8, 4) is 5.75 Å². The quantitative estimate of drug-likeness (QED) is 0.407. The second-order valence-corrected chi connectivity index (χ2v) is 8.38. The Morgan fingerprint density at radius 1 is 1.38 bits per heavy atom. The van der Waals surface area contributed by atoms with Gasteiger partial charge in [0, 0.05) is 20.3 Å². The van der Waals surface area contributed by atoms with Crippen molar-refractivity contribution in [3.05, 3.63) is 50.1 Å². The number of thiophene rings is 1. The lowest BCUT2D eigenvalue weighted by atomic mass is 10.1. The number of carbonyl (C=O) groups excluding carboxylic acids is 1. The number of aryl methyl sites for hydroxylation is 1. The standard InChI is InChI=1S/C20H25BrN2O2S/c1-4-5-18-11-16(13-26-18)20(24)23-22-12-15-10-17(21)6-7-19(15)25-9-8-14(2)3/h6-7,10-14H,4-5,8-9H2,1-3H3,(H,23,24)/b22-12-. The molecule has 0 saturated heterocycles. The van der Waals surface area contributed by atoms with E-state index >= 15 is 0 Å². The fourth-order valence-corrected chi connectivity index (χ4v) is 3.61. The van der Waals surface area contributed by atoms with Gasteiger partial charge in [-0.3, -0.25) is 4.79 Å². The zero-order valence-corrected chi connectivity index (χ0v) is 17.8. The van der Waals surface area contributed by atoms with Crippen LogP contribution in [0.1, 0.15) is 54.4 Å². The van der Waals surface area contributed by atoms with E-state index in [1.165, 1.54) is 4.88 Å². The maximum absolute atomic E-state index is 12.2. The molecule has 1 aromatic heterocycles. The maximum Gasteiger partial charge on any atom is 0.272 e. The van der Waals surface area contributed by atoms with Crippen molar-refractivity contribution in [2.45, 2.75) is 40.0 Å². The third-order valence-corrected chi connectivity index (χ3v) is 5.20. The number of rotatable bonds is 9. The molecular weight excluding hydrogens is 412 g/mol. The molecular formula is C20H25BrN2O2S. The van der Waals surface area contributed by atoms with Gasteiger partial charge in [-0.1, -0.05) is 43.1 Å². The van der Waals surface area contributed by atoms with Crippen LogP contribution in [0.4, 0.5) is 0 Å². The van der Waals surface area contributed by atoms with Crippen molar-refractivity contribution in [2.75, 3.05) is 6.61 Å². The fourth-order valence-electron chi connectivity index (χ4n) is 2.26. The summed E-state index contributed by atoms with van der Waals surface area (Å²) >= 11 is 5.07. The van der Waals surface area contributed by atoms with E-state index in [0.717, 1.165) is 35.0 Å². The number of hydrogen-bond donors (Lipinski definition) is 1. The monoisotopic (exact) mass is 436 g/mol. The van der Waals surface area contributed by atoms with Crippen LogP contribution in [0.25, 0.3) is 0 Å². The second-order valence-electron chi connectivity index (χ2n) is 6.46. The van der Waals surface area contributed by atoms with Crippen LogP contribution in [-0.2, 0) is 6.42 Å². The van der Waals surface area contributed by atoms with Gasteiger partial charge in [0.2, 0.25) is 0 Å². The Hall–Kier alpha value is -1.66. The first-order valence-corrected chi connectivity index (χ1v) is 10.5. The Labute approximate surface area is 167 Å². The number of carbonyl (C=O) groups is 1. The number of hydrazone groups is 1. The molecule has 1 aromatic carbocycles. The van der Waals surface area contributed by atoms with Crippen LogP contribution < -0.4 is 10.2 Å². The van der Waals surface area contributed by atoms with Crippen LogP contribution in [0.5, 0.6) is 5.75 Å². The molecule has 0 aliphatic rings. The van der Waals surface area contributed by atoms with E-state index in [1.807, 2.05) is 29.6 Å². The van der Waals surface area contributed by atoms with Gasteiger partial charge >= 0.3 is 0 Å². The summed E-state index contributed by atoms with van der Waals surface area (Å²) in [6.07, 6.45) is 4.67.